The maximum absolute atomic E-state index is 14.0. The molecule has 0 fully saturated rings. The predicted octanol–water partition coefficient (Wildman–Crippen LogP) is 5.54. The number of nitrogens with zero attached hydrogens (tertiary/aromatic N) is 3. The van der Waals surface area contributed by atoms with Crippen LogP contribution in [0.3, 0.4) is 0 Å². The van der Waals surface area contributed by atoms with Crippen molar-refractivity contribution in [1.29, 1.82) is 0 Å². The lowest BCUT2D eigenvalue weighted by Crippen LogP contribution is -2.44. The minimum absolute atomic E-state index is 0.00157. The summed E-state index contributed by atoms with van der Waals surface area (Å²) in [5, 5.41) is 37.3. The Morgan fingerprint density at radius 3 is 2.13 bits per heavy atom. The Balaban J connectivity index is 1.60. The molecule has 4 aromatic carbocycles. The summed E-state index contributed by atoms with van der Waals surface area (Å²) >= 11 is 0. The van der Waals surface area contributed by atoms with Gasteiger partial charge in [0.05, 0.1) is 6.21 Å². The third-order valence-corrected chi connectivity index (χ3v) is 7.44. The minimum atomic E-state index is -1.25. The van der Waals surface area contributed by atoms with E-state index in [0.717, 1.165) is 18.8 Å². The van der Waals surface area contributed by atoms with Crippen molar-refractivity contribution >= 4 is 17.8 Å². The molecule has 2 heterocycles. The first-order valence-corrected chi connectivity index (χ1v) is 12.8. The molecule has 1 spiro atoms. The highest BCUT2D eigenvalue weighted by molar-refractivity contribution is 6.03. The smallest absolute Gasteiger partial charge is 0.275 e. The molecule has 8 heteroatoms. The van der Waals surface area contributed by atoms with E-state index in [9.17, 15) is 20.1 Å². The van der Waals surface area contributed by atoms with E-state index in [1.54, 1.807) is 42.5 Å². The molecule has 39 heavy (non-hydrogen) atoms. The minimum Gasteiger partial charge on any atom is -0.508 e. The first-order chi connectivity index (χ1) is 18.9. The summed E-state index contributed by atoms with van der Waals surface area (Å²) in [5.41, 5.74) is 2.51. The number of rotatable bonds is 5. The highest BCUT2D eigenvalue weighted by Crippen LogP contribution is 2.58. The molecule has 0 radical (unpaired) electrons. The summed E-state index contributed by atoms with van der Waals surface area (Å²) in [6, 6.07) is 22.1. The number of ether oxygens (including phenoxy) is 1. The van der Waals surface area contributed by atoms with Crippen LogP contribution in [0.15, 0.2) is 84.0 Å². The van der Waals surface area contributed by atoms with Gasteiger partial charge in [-0.15, -0.1) is 0 Å². The summed E-state index contributed by atoms with van der Waals surface area (Å²) in [6.07, 6.45) is 1.49. The van der Waals surface area contributed by atoms with Crippen LogP contribution in [-0.2, 0) is 5.54 Å². The summed E-state index contributed by atoms with van der Waals surface area (Å²) in [5.74, 6) is 0.377. The summed E-state index contributed by atoms with van der Waals surface area (Å²) in [6.45, 7) is 5.72. The fourth-order valence-corrected chi connectivity index (χ4v) is 5.63. The van der Waals surface area contributed by atoms with Gasteiger partial charge < -0.3 is 25.0 Å². The van der Waals surface area contributed by atoms with Gasteiger partial charge in [0.1, 0.15) is 34.3 Å². The SMILES string of the molecule is CCN(CC)c1ccc(O)c(/C=N/N2C(=O)c3ccccc3C23c2ccc(O)cc2Oc2cc(O)ccc23)c1. The van der Waals surface area contributed by atoms with E-state index in [-0.39, 0.29) is 23.2 Å². The number of carbonyl (C=O) groups excluding carboxylic acids is 1. The maximum atomic E-state index is 14.0. The highest BCUT2D eigenvalue weighted by atomic mass is 16.5. The molecule has 2 aliphatic rings. The van der Waals surface area contributed by atoms with Gasteiger partial charge >= 0.3 is 0 Å². The lowest BCUT2D eigenvalue weighted by atomic mass is 9.75. The summed E-state index contributed by atoms with van der Waals surface area (Å²) in [7, 11) is 0. The average Bonchev–Trinajstić information content (AvgIpc) is 3.17. The van der Waals surface area contributed by atoms with Crippen LogP contribution >= 0.6 is 0 Å². The topological polar surface area (TPSA) is 106 Å². The van der Waals surface area contributed by atoms with Gasteiger partial charge in [-0.1, -0.05) is 18.2 Å². The molecular weight excluding hydrogens is 494 g/mol. The second kappa shape index (κ2) is 9.09. The number of hydrazone groups is 1. The van der Waals surface area contributed by atoms with Crippen molar-refractivity contribution in [3.8, 4) is 28.7 Å². The lowest BCUT2D eigenvalue weighted by molar-refractivity contribution is 0.0675. The van der Waals surface area contributed by atoms with Crippen LogP contribution in [0.5, 0.6) is 28.7 Å². The molecule has 6 rings (SSSR count). The molecule has 0 bridgehead atoms. The van der Waals surface area contributed by atoms with Crippen LogP contribution in [-0.4, -0.2) is 45.5 Å². The van der Waals surface area contributed by atoms with Crippen LogP contribution < -0.4 is 9.64 Å². The van der Waals surface area contributed by atoms with Gasteiger partial charge in [0.15, 0.2) is 0 Å². The fourth-order valence-electron chi connectivity index (χ4n) is 5.63. The van der Waals surface area contributed by atoms with Crippen LogP contribution in [0.4, 0.5) is 5.69 Å². The normalized spacial score (nSPS) is 14.7. The molecule has 0 atom stereocenters. The van der Waals surface area contributed by atoms with Crippen LogP contribution in [0, 0.1) is 0 Å². The molecule has 8 nitrogen and oxygen atoms in total. The van der Waals surface area contributed by atoms with Gasteiger partial charge in [-0.3, -0.25) is 4.79 Å². The quantitative estimate of drug-likeness (QED) is 0.298. The van der Waals surface area contributed by atoms with E-state index in [2.05, 4.69) is 18.7 Å². The Labute approximate surface area is 225 Å². The molecule has 3 N–H and O–H groups in total. The molecule has 196 valence electrons. The number of amides is 1. The van der Waals surface area contributed by atoms with Crippen LogP contribution in [0.2, 0.25) is 0 Å². The highest BCUT2D eigenvalue weighted by Gasteiger charge is 2.57. The molecule has 0 aromatic heterocycles. The van der Waals surface area contributed by atoms with E-state index in [4.69, 9.17) is 9.84 Å². The van der Waals surface area contributed by atoms with Crippen molar-refractivity contribution in [3.05, 3.63) is 107 Å². The largest absolute Gasteiger partial charge is 0.508 e. The first-order valence-electron chi connectivity index (χ1n) is 12.8. The van der Waals surface area contributed by atoms with Crippen molar-refractivity contribution in [3.63, 3.8) is 0 Å². The molecule has 2 aliphatic heterocycles. The van der Waals surface area contributed by atoms with Crippen molar-refractivity contribution in [2.24, 2.45) is 5.10 Å². The standard InChI is InChI=1S/C31H27N3O5/c1-3-33(4-2)20-9-14-27(37)19(15-20)18-32-34-30(38)23-7-5-6-8-24(23)31(34)25-12-10-21(35)16-28(25)39-29-17-22(36)11-13-26(29)31/h5-18,35-37H,3-4H2,1-2H3/b32-18+. The Morgan fingerprint density at radius 2 is 1.49 bits per heavy atom. The number of aromatic hydroxyl groups is 3. The zero-order valence-corrected chi connectivity index (χ0v) is 21.5. The van der Waals surface area contributed by atoms with E-state index < -0.39 is 5.54 Å². The summed E-state index contributed by atoms with van der Waals surface area (Å²) < 4.78 is 6.12. The molecule has 4 aromatic rings. The molecule has 0 aliphatic carbocycles. The Bertz CT molecular complexity index is 1590. The molecule has 0 saturated heterocycles. The molecular formula is C31H27N3O5. The van der Waals surface area contributed by atoms with Crippen molar-refractivity contribution in [1.82, 2.24) is 5.01 Å². The predicted molar refractivity (Wildman–Crippen MR) is 148 cm³/mol. The second-order valence-electron chi connectivity index (χ2n) is 9.50. The number of benzene rings is 4. The van der Waals surface area contributed by atoms with Gasteiger partial charge in [-0.05, 0) is 62.4 Å². The van der Waals surface area contributed by atoms with E-state index in [0.29, 0.717) is 39.3 Å². The third-order valence-electron chi connectivity index (χ3n) is 7.44. The van der Waals surface area contributed by atoms with Crippen LogP contribution in [0.1, 0.15) is 46.5 Å². The fraction of sp³-hybridized carbons (Fsp3) is 0.161. The lowest BCUT2D eigenvalue weighted by Gasteiger charge is -2.41. The van der Waals surface area contributed by atoms with Gasteiger partial charge in [0, 0.05) is 58.7 Å². The number of fused-ring (bicyclic) bond motifs is 6. The maximum Gasteiger partial charge on any atom is 0.275 e. The zero-order valence-electron chi connectivity index (χ0n) is 21.5. The number of hydrogen-bond acceptors (Lipinski definition) is 7. The van der Waals surface area contributed by atoms with Gasteiger partial charge in [0.25, 0.3) is 5.91 Å². The van der Waals surface area contributed by atoms with E-state index in [1.807, 2.05) is 24.3 Å². The van der Waals surface area contributed by atoms with Gasteiger partial charge in [-0.25, -0.2) is 5.01 Å². The number of hydrogen-bond donors (Lipinski definition) is 3. The number of phenolic OH excluding ortho intramolecular Hbond substituents is 3. The second-order valence-corrected chi connectivity index (χ2v) is 9.50. The Morgan fingerprint density at radius 1 is 0.846 bits per heavy atom. The number of phenols is 3. The number of anilines is 1. The Hall–Kier alpha value is -4.98. The first kappa shape index (κ1) is 24.4. The van der Waals surface area contributed by atoms with Crippen molar-refractivity contribution < 1.29 is 24.9 Å². The summed E-state index contributed by atoms with van der Waals surface area (Å²) in [4.78, 5) is 16.2. The van der Waals surface area contributed by atoms with E-state index >= 15 is 0 Å². The third kappa shape index (κ3) is 3.59. The Kier molecular flexibility index (Phi) is 5.68. The van der Waals surface area contributed by atoms with Crippen molar-refractivity contribution in [2.45, 2.75) is 19.4 Å². The zero-order chi connectivity index (χ0) is 27.3. The monoisotopic (exact) mass is 521 g/mol. The van der Waals surface area contributed by atoms with E-state index in [1.165, 1.54) is 23.4 Å². The van der Waals surface area contributed by atoms with Gasteiger partial charge in [-0.2, -0.15) is 5.10 Å². The van der Waals surface area contributed by atoms with Gasteiger partial charge in [0.2, 0.25) is 0 Å². The number of carbonyl (C=O) groups is 1. The molecule has 0 saturated carbocycles. The van der Waals surface area contributed by atoms with Crippen LogP contribution in [0.25, 0.3) is 0 Å². The van der Waals surface area contributed by atoms with Crippen molar-refractivity contribution in [2.75, 3.05) is 18.0 Å². The molecule has 0 unspecified atom stereocenters. The molecule has 1 amide bonds. The average molecular weight is 522 g/mol.